The Hall–Kier alpha value is -2.42. The number of nitrogens with one attached hydrogen (secondary N) is 1. The van der Waals surface area contributed by atoms with Crippen LogP contribution in [0.25, 0.3) is 0 Å². The van der Waals surface area contributed by atoms with Crippen molar-refractivity contribution in [3.63, 3.8) is 0 Å². The summed E-state index contributed by atoms with van der Waals surface area (Å²) < 4.78 is 9.73. The van der Waals surface area contributed by atoms with Crippen LogP contribution in [0, 0.1) is 6.92 Å². The van der Waals surface area contributed by atoms with Crippen LogP contribution >= 0.6 is 0 Å². The molecule has 26 heavy (non-hydrogen) atoms. The zero-order valence-electron chi connectivity index (χ0n) is 15.3. The number of hydrogen-bond acceptors (Lipinski definition) is 7. The highest BCUT2D eigenvalue weighted by Gasteiger charge is 2.24. The van der Waals surface area contributed by atoms with Gasteiger partial charge in [-0.15, -0.1) is 0 Å². The van der Waals surface area contributed by atoms with Crippen molar-refractivity contribution in [2.75, 3.05) is 45.9 Å². The van der Waals surface area contributed by atoms with Crippen molar-refractivity contribution in [3.8, 4) is 0 Å². The van der Waals surface area contributed by atoms with Crippen LogP contribution in [0.4, 0.5) is 0 Å². The van der Waals surface area contributed by atoms with Gasteiger partial charge in [0.15, 0.2) is 5.69 Å². The molecule has 144 valence electrons. The second-order valence-electron chi connectivity index (χ2n) is 6.11. The highest BCUT2D eigenvalue weighted by molar-refractivity contribution is 5.92. The summed E-state index contributed by atoms with van der Waals surface area (Å²) in [6, 6.07) is 1.64. The third-order valence-corrected chi connectivity index (χ3v) is 4.12. The minimum Gasteiger partial charge on any atom is -0.466 e. The maximum absolute atomic E-state index is 12.3. The second-order valence-corrected chi connectivity index (χ2v) is 6.11. The van der Waals surface area contributed by atoms with E-state index in [1.807, 2.05) is 0 Å². The Morgan fingerprint density at radius 3 is 2.58 bits per heavy atom. The summed E-state index contributed by atoms with van der Waals surface area (Å²) in [6.07, 6.45) is 0.236. The van der Waals surface area contributed by atoms with Gasteiger partial charge < -0.3 is 19.5 Å². The molecule has 0 saturated carbocycles. The van der Waals surface area contributed by atoms with Crippen LogP contribution in [-0.2, 0) is 14.3 Å². The summed E-state index contributed by atoms with van der Waals surface area (Å²) in [5, 5.41) is 6.56. The Balaban J connectivity index is 1.61. The van der Waals surface area contributed by atoms with Crippen molar-refractivity contribution in [3.05, 3.63) is 17.5 Å². The van der Waals surface area contributed by atoms with Crippen LogP contribution < -0.4 is 5.32 Å². The third-order valence-electron chi connectivity index (χ3n) is 4.12. The SMILES string of the molecule is CCOC(=O)CCC(=O)NCCN1CCN(C(=O)c2cc(C)on2)CC1. The summed E-state index contributed by atoms with van der Waals surface area (Å²) in [4.78, 5) is 39.1. The largest absolute Gasteiger partial charge is 0.466 e. The number of amides is 2. The smallest absolute Gasteiger partial charge is 0.306 e. The van der Waals surface area contributed by atoms with Gasteiger partial charge in [-0.05, 0) is 13.8 Å². The molecule has 0 radical (unpaired) electrons. The predicted molar refractivity (Wildman–Crippen MR) is 92.5 cm³/mol. The van der Waals surface area contributed by atoms with Crippen LogP contribution in [0.3, 0.4) is 0 Å². The highest BCUT2D eigenvalue weighted by atomic mass is 16.5. The number of carbonyl (C=O) groups excluding carboxylic acids is 3. The van der Waals surface area contributed by atoms with E-state index >= 15 is 0 Å². The Morgan fingerprint density at radius 2 is 1.96 bits per heavy atom. The summed E-state index contributed by atoms with van der Waals surface area (Å²) in [7, 11) is 0. The average molecular weight is 366 g/mol. The monoisotopic (exact) mass is 366 g/mol. The number of nitrogens with zero attached hydrogens (tertiary/aromatic N) is 3. The fourth-order valence-corrected chi connectivity index (χ4v) is 2.69. The molecule has 1 fully saturated rings. The zero-order valence-corrected chi connectivity index (χ0v) is 15.3. The first-order chi connectivity index (χ1) is 12.5. The van der Waals surface area contributed by atoms with Gasteiger partial charge in [0.2, 0.25) is 5.91 Å². The lowest BCUT2D eigenvalue weighted by molar-refractivity contribution is -0.144. The van der Waals surface area contributed by atoms with E-state index in [0.717, 1.165) is 13.1 Å². The normalized spacial score (nSPS) is 14.9. The number of aryl methyl sites for hydroxylation is 1. The Kier molecular flexibility index (Phi) is 7.58. The third kappa shape index (κ3) is 6.14. The molecule has 2 rings (SSSR count). The van der Waals surface area contributed by atoms with E-state index in [4.69, 9.17) is 9.26 Å². The second kappa shape index (κ2) is 9.91. The Labute approximate surface area is 152 Å². The predicted octanol–water partition coefficient (Wildman–Crippen LogP) is 0.200. The molecule has 0 aliphatic carbocycles. The molecule has 1 saturated heterocycles. The lowest BCUT2D eigenvalue weighted by Gasteiger charge is -2.34. The molecular weight excluding hydrogens is 340 g/mol. The topological polar surface area (TPSA) is 105 Å². The molecular formula is C17H26N4O5. The molecule has 1 aliphatic heterocycles. The molecule has 1 aliphatic rings. The van der Waals surface area contributed by atoms with Gasteiger partial charge in [0.05, 0.1) is 13.0 Å². The minimum atomic E-state index is -0.356. The van der Waals surface area contributed by atoms with Gasteiger partial charge in [-0.3, -0.25) is 19.3 Å². The van der Waals surface area contributed by atoms with Crippen molar-refractivity contribution in [1.82, 2.24) is 20.3 Å². The average Bonchev–Trinajstić information content (AvgIpc) is 3.07. The van der Waals surface area contributed by atoms with Gasteiger partial charge in [-0.25, -0.2) is 0 Å². The molecule has 1 N–H and O–H groups in total. The maximum atomic E-state index is 12.3. The van der Waals surface area contributed by atoms with Crippen molar-refractivity contribution >= 4 is 17.8 Å². The molecule has 0 unspecified atom stereocenters. The van der Waals surface area contributed by atoms with Crippen LogP contribution in [0.1, 0.15) is 36.0 Å². The fraction of sp³-hybridized carbons (Fsp3) is 0.647. The molecule has 0 aromatic carbocycles. The van der Waals surface area contributed by atoms with E-state index in [0.29, 0.717) is 44.2 Å². The van der Waals surface area contributed by atoms with Crippen LogP contribution in [-0.4, -0.2) is 78.6 Å². The first kappa shape index (κ1) is 19.9. The Bertz CT molecular complexity index is 622. The zero-order chi connectivity index (χ0) is 18.9. The highest BCUT2D eigenvalue weighted by Crippen LogP contribution is 2.09. The van der Waals surface area contributed by atoms with Gasteiger partial charge in [0.25, 0.3) is 5.91 Å². The quantitative estimate of drug-likeness (QED) is 0.655. The number of carbonyl (C=O) groups is 3. The van der Waals surface area contributed by atoms with Gasteiger partial charge in [-0.2, -0.15) is 0 Å². The molecule has 0 bridgehead atoms. The standard InChI is InChI=1S/C17H26N4O5/c1-3-25-16(23)5-4-15(22)18-6-7-20-8-10-21(11-9-20)17(24)14-12-13(2)26-19-14/h12H,3-11H2,1-2H3,(H,18,22). The van der Waals surface area contributed by atoms with Crippen molar-refractivity contribution in [2.45, 2.75) is 26.7 Å². The van der Waals surface area contributed by atoms with Gasteiger partial charge >= 0.3 is 5.97 Å². The van der Waals surface area contributed by atoms with Crippen LogP contribution in [0.5, 0.6) is 0 Å². The van der Waals surface area contributed by atoms with Crippen molar-refractivity contribution in [2.24, 2.45) is 0 Å². The molecule has 0 spiro atoms. The molecule has 1 aromatic heterocycles. The maximum Gasteiger partial charge on any atom is 0.306 e. The van der Waals surface area contributed by atoms with Gasteiger partial charge in [-0.1, -0.05) is 5.16 Å². The van der Waals surface area contributed by atoms with Gasteiger partial charge in [0, 0.05) is 51.8 Å². The fourth-order valence-electron chi connectivity index (χ4n) is 2.69. The number of esters is 1. The molecule has 2 amide bonds. The number of ether oxygens (including phenoxy) is 1. The number of rotatable bonds is 8. The summed E-state index contributed by atoms with van der Waals surface area (Å²) in [5.74, 6) is -0.0153. The van der Waals surface area contributed by atoms with Crippen molar-refractivity contribution in [1.29, 1.82) is 0 Å². The lowest BCUT2D eigenvalue weighted by Crippen LogP contribution is -2.50. The van der Waals surface area contributed by atoms with Crippen molar-refractivity contribution < 1.29 is 23.6 Å². The van der Waals surface area contributed by atoms with E-state index in [2.05, 4.69) is 15.4 Å². The van der Waals surface area contributed by atoms with Gasteiger partial charge in [0.1, 0.15) is 5.76 Å². The number of hydrogen-bond donors (Lipinski definition) is 1. The first-order valence-electron chi connectivity index (χ1n) is 8.87. The summed E-state index contributed by atoms with van der Waals surface area (Å²) in [5.41, 5.74) is 0.338. The summed E-state index contributed by atoms with van der Waals surface area (Å²) in [6.45, 7) is 7.73. The molecule has 9 heteroatoms. The number of aromatic nitrogens is 1. The van der Waals surface area contributed by atoms with E-state index in [9.17, 15) is 14.4 Å². The number of piperazine rings is 1. The van der Waals surface area contributed by atoms with Crippen LogP contribution in [0.2, 0.25) is 0 Å². The minimum absolute atomic E-state index is 0.0992. The summed E-state index contributed by atoms with van der Waals surface area (Å²) >= 11 is 0. The lowest BCUT2D eigenvalue weighted by atomic mass is 10.2. The van der Waals surface area contributed by atoms with E-state index in [1.165, 1.54) is 0 Å². The molecule has 0 atom stereocenters. The van der Waals surface area contributed by atoms with Crippen LogP contribution in [0.15, 0.2) is 10.6 Å². The Morgan fingerprint density at radius 1 is 1.23 bits per heavy atom. The molecule has 1 aromatic rings. The molecule has 9 nitrogen and oxygen atoms in total. The van der Waals surface area contributed by atoms with E-state index < -0.39 is 0 Å². The van der Waals surface area contributed by atoms with E-state index in [1.54, 1.807) is 24.8 Å². The first-order valence-corrected chi connectivity index (χ1v) is 8.87. The van der Waals surface area contributed by atoms with E-state index in [-0.39, 0.29) is 30.6 Å². The molecule has 2 heterocycles.